The molecule has 0 atom stereocenters. The van der Waals surface area contributed by atoms with Gasteiger partial charge in [0.1, 0.15) is 5.60 Å². The number of carbonyl (C=O) groups excluding carboxylic acids is 3. The molecule has 3 N–H and O–H groups in total. The number of rotatable bonds is 8. The smallest absolute Gasteiger partial charge is 0.373 e. The molecule has 0 saturated heterocycles. The van der Waals surface area contributed by atoms with Crippen molar-refractivity contribution in [1.82, 2.24) is 9.55 Å². The van der Waals surface area contributed by atoms with Crippen LogP contribution in [0.5, 0.6) is 0 Å². The minimum absolute atomic E-state index is 0.0914. The predicted octanol–water partition coefficient (Wildman–Crippen LogP) is 12.8. The number of carboxylic acids is 2. The number of nitrogens with one attached hydrogen (secondary N) is 1. The van der Waals surface area contributed by atoms with E-state index in [1.807, 2.05) is 81.6 Å². The Bertz CT molecular complexity index is 2930. The number of carboxylic acid groups (broad SMARTS) is 2. The first-order valence-corrected chi connectivity index (χ1v) is 21.8. The Kier molecular flexibility index (Phi) is 16.4. The number of aromatic amines is 1. The van der Waals surface area contributed by atoms with E-state index in [0.717, 1.165) is 44.8 Å². The second kappa shape index (κ2) is 21.8. The lowest BCUT2D eigenvalue weighted by molar-refractivity contribution is -0.191. The second-order valence-electron chi connectivity index (χ2n) is 17.1. The first kappa shape index (κ1) is 48.7. The highest BCUT2D eigenvalue weighted by Crippen LogP contribution is 2.33. The summed E-state index contributed by atoms with van der Waals surface area (Å²) >= 11 is 3.43. The van der Waals surface area contributed by atoms with Gasteiger partial charge in [0, 0.05) is 46.1 Å². The van der Waals surface area contributed by atoms with Crippen LogP contribution in [0.1, 0.15) is 89.3 Å². The van der Waals surface area contributed by atoms with E-state index in [9.17, 15) is 14.4 Å². The standard InChI is InChI=1S/C26H25NO2.C18H19BrO2.C9H7NO2.CO2/c1-26(2,3)23-7-5-4-6-22(23)19-10-8-18(9-11-19)17-27-15-14-20-16-21(25(28)29)12-13-24(20)27;1-18(2,3)21-17(20)16-7-5-4-6-15(16)14-10-8-13(12-19)9-11-14;11-9(12)7-1-2-8-6(5-7)3-4-10-8;2-1-3/h4-16H,17H2,1-3H3,(H,28,29);4-11H,12H2,1-3H3;1-5,10H,(H,11,12);. The number of ether oxygens (including phenoxy) is 1. The molecule has 0 saturated carbocycles. The summed E-state index contributed by atoms with van der Waals surface area (Å²) in [4.78, 5) is 53.3. The Hall–Kier alpha value is -7.33. The number of hydrogen-bond acceptors (Lipinski definition) is 6. The minimum atomic E-state index is -0.897. The lowest BCUT2D eigenvalue weighted by Crippen LogP contribution is -2.24. The van der Waals surface area contributed by atoms with Crippen LogP contribution in [0.4, 0.5) is 0 Å². The fourth-order valence-electron chi connectivity index (χ4n) is 7.05. The van der Waals surface area contributed by atoms with Gasteiger partial charge in [-0.25, -0.2) is 14.4 Å². The first-order chi connectivity index (χ1) is 30.9. The molecule has 0 bridgehead atoms. The number of carbonyl (C=O) groups is 3. The molecule has 0 amide bonds. The molecule has 8 rings (SSSR count). The van der Waals surface area contributed by atoms with E-state index in [1.54, 1.807) is 36.5 Å². The summed E-state index contributed by atoms with van der Waals surface area (Å²) < 4.78 is 7.64. The van der Waals surface area contributed by atoms with E-state index in [4.69, 9.17) is 24.5 Å². The van der Waals surface area contributed by atoms with Gasteiger partial charge in [-0.2, -0.15) is 9.59 Å². The van der Waals surface area contributed by atoms with Crippen LogP contribution in [-0.4, -0.2) is 49.4 Å². The normalized spacial score (nSPS) is 10.9. The maximum Gasteiger partial charge on any atom is 0.373 e. The van der Waals surface area contributed by atoms with E-state index in [1.165, 1.54) is 27.8 Å². The van der Waals surface area contributed by atoms with Gasteiger partial charge in [0.25, 0.3) is 0 Å². The monoisotopic (exact) mass is 934 g/mol. The Morgan fingerprint density at radius 1 is 0.646 bits per heavy atom. The Labute approximate surface area is 386 Å². The Morgan fingerprint density at radius 3 is 1.77 bits per heavy atom. The van der Waals surface area contributed by atoms with Crippen LogP contribution < -0.4 is 0 Å². The van der Waals surface area contributed by atoms with Gasteiger partial charge in [-0.1, -0.05) is 128 Å². The van der Waals surface area contributed by atoms with E-state index in [2.05, 4.69) is 107 Å². The molecule has 332 valence electrons. The van der Waals surface area contributed by atoms with Crippen molar-refractivity contribution < 1.29 is 38.9 Å². The fourth-order valence-corrected chi connectivity index (χ4v) is 7.43. The number of halogens is 1. The number of esters is 1. The molecule has 0 radical (unpaired) electrons. The number of aromatic nitrogens is 2. The van der Waals surface area contributed by atoms with Gasteiger partial charge in [0.2, 0.25) is 0 Å². The highest BCUT2D eigenvalue weighted by Gasteiger charge is 2.21. The molecule has 10 nitrogen and oxygen atoms in total. The summed E-state index contributed by atoms with van der Waals surface area (Å²) in [5.74, 6) is -2.08. The molecule has 2 aromatic heterocycles. The van der Waals surface area contributed by atoms with Crippen LogP contribution in [0.2, 0.25) is 0 Å². The van der Waals surface area contributed by atoms with Crippen molar-refractivity contribution in [2.75, 3.05) is 0 Å². The lowest BCUT2D eigenvalue weighted by Gasteiger charge is -2.23. The summed E-state index contributed by atoms with van der Waals surface area (Å²) in [6.45, 7) is 13.1. The molecular formula is C54H51BrN2O8. The van der Waals surface area contributed by atoms with E-state index < -0.39 is 17.5 Å². The molecule has 0 spiro atoms. The Balaban J connectivity index is 0.000000192. The zero-order valence-corrected chi connectivity index (χ0v) is 38.7. The number of fused-ring (bicyclic) bond motifs is 2. The van der Waals surface area contributed by atoms with Gasteiger partial charge >= 0.3 is 24.1 Å². The third kappa shape index (κ3) is 13.3. The highest BCUT2D eigenvalue weighted by atomic mass is 79.9. The summed E-state index contributed by atoms with van der Waals surface area (Å²) in [6, 6.07) is 47.1. The molecular weight excluding hydrogens is 885 g/mol. The van der Waals surface area contributed by atoms with Gasteiger partial charge in [0.15, 0.2) is 0 Å². The van der Waals surface area contributed by atoms with E-state index in [0.29, 0.717) is 16.7 Å². The van der Waals surface area contributed by atoms with Crippen molar-refractivity contribution in [3.63, 3.8) is 0 Å². The third-order valence-electron chi connectivity index (χ3n) is 10.1. The van der Waals surface area contributed by atoms with Crippen LogP contribution in [0, 0.1) is 0 Å². The topological polar surface area (TPSA) is 156 Å². The van der Waals surface area contributed by atoms with Crippen molar-refractivity contribution >= 4 is 61.8 Å². The zero-order valence-electron chi connectivity index (χ0n) is 37.1. The average Bonchev–Trinajstić information content (AvgIpc) is 3.93. The summed E-state index contributed by atoms with van der Waals surface area (Å²) in [6.07, 6.45) is 4.05. The zero-order chi connectivity index (χ0) is 47.3. The number of alkyl halides is 1. The van der Waals surface area contributed by atoms with E-state index >= 15 is 0 Å². The van der Waals surface area contributed by atoms with Crippen molar-refractivity contribution in [2.24, 2.45) is 0 Å². The van der Waals surface area contributed by atoms with Gasteiger partial charge in [-0.05, 0) is 120 Å². The fraction of sp³-hybridized carbons (Fsp3) is 0.185. The summed E-state index contributed by atoms with van der Waals surface area (Å²) in [5, 5.41) is 20.5. The van der Waals surface area contributed by atoms with Gasteiger partial charge in [-0.15, -0.1) is 0 Å². The number of benzene rings is 6. The van der Waals surface area contributed by atoms with Gasteiger partial charge in [-0.3, -0.25) is 0 Å². The SMILES string of the molecule is CC(C)(C)OC(=O)c1ccccc1-c1ccc(CBr)cc1.CC(C)(C)c1ccccc1-c1ccc(Cn2ccc3cc(C(=O)O)ccc32)cc1.O=C(O)c1ccc2[nH]ccc2c1.O=C=O. The van der Waals surface area contributed by atoms with Crippen molar-refractivity contribution in [3.05, 3.63) is 191 Å². The van der Waals surface area contributed by atoms with Crippen molar-refractivity contribution in [1.29, 1.82) is 0 Å². The van der Waals surface area contributed by atoms with Crippen LogP contribution >= 0.6 is 15.9 Å². The van der Waals surface area contributed by atoms with E-state index in [-0.39, 0.29) is 17.5 Å². The molecule has 8 aromatic rings. The van der Waals surface area contributed by atoms with Crippen LogP contribution in [-0.2, 0) is 31.6 Å². The number of H-pyrrole nitrogens is 1. The molecule has 0 aliphatic heterocycles. The third-order valence-corrected chi connectivity index (χ3v) is 10.8. The minimum Gasteiger partial charge on any atom is -0.478 e. The highest BCUT2D eigenvalue weighted by molar-refractivity contribution is 9.08. The molecule has 0 aliphatic carbocycles. The lowest BCUT2D eigenvalue weighted by atomic mass is 9.82. The van der Waals surface area contributed by atoms with Crippen LogP contribution in [0.25, 0.3) is 44.1 Å². The second-order valence-corrected chi connectivity index (χ2v) is 17.6. The van der Waals surface area contributed by atoms with Crippen molar-refractivity contribution in [3.8, 4) is 22.3 Å². The molecule has 6 aromatic carbocycles. The van der Waals surface area contributed by atoms with Gasteiger partial charge in [0.05, 0.1) is 16.7 Å². The van der Waals surface area contributed by atoms with Crippen LogP contribution in [0.3, 0.4) is 0 Å². The van der Waals surface area contributed by atoms with Crippen LogP contribution in [0.15, 0.2) is 158 Å². The Morgan fingerprint density at radius 2 is 1.18 bits per heavy atom. The summed E-state index contributed by atoms with van der Waals surface area (Å²) in [5.41, 5.74) is 11.0. The molecule has 11 heteroatoms. The number of aromatic carboxylic acids is 2. The quantitative estimate of drug-likeness (QED) is 0.100. The average molecular weight is 936 g/mol. The molecule has 65 heavy (non-hydrogen) atoms. The first-order valence-electron chi connectivity index (χ1n) is 20.7. The maximum atomic E-state index is 12.3. The summed E-state index contributed by atoms with van der Waals surface area (Å²) in [7, 11) is 0. The number of hydrogen-bond donors (Lipinski definition) is 3. The van der Waals surface area contributed by atoms with Crippen molar-refractivity contribution in [2.45, 2.75) is 64.4 Å². The largest absolute Gasteiger partial charge is 0.478 e. The van der Waals surface area contributed by atoms with Gasteiger partial charge < -0.3 is 24.5 Å². The number of nitrogens with zero attached hydrogens (tertiary/aromatic N) is 1. The predicted molar refractivity (Wildman–Crippen MR) is 259 cm³/mol. The molecule has 2 heterocycles. The molecule has 0 unspecified atom stereocenters. The maximum absolute atomic E-state index is 12.3. The molecule has 0 fully saturated rings. The molecule has 0 aliphatic rings.